The van der Waals surface area contributed by atoms with Gasteiger partial charge in [0.25, 0.3) is 17.4 Å². The maximum absolute atomic E-state index is 13.7. The number of fused-ring (bicyclic) bond motifs is 1. The molecule has 0 atom stereocenters. The Morgan fingerprint density at radius 2 is 1.92 bits per heavy atom. The standard InChI is InChI=1S/C24H25ClF3N7O3/c1-12(2)31-23-32-17-11-34(21(37)13-5-6-16(25)15(9-13)24(26,27)28)8-7-14(17)22(38)35(23)18-10-30-19(33(18)4)20(36)29-3/h5-6,9-10,12H,7-8,11H2,1-4H3,(H,29,36)(H,31,32). The number of rotatable bonds is 5. The zero-order valence-electron chi connectivity index (χ0n) is 21.0. The van der Waals surface area contributed by atoms with E-state index in [9.17, 15) is 27.6 Å². The molecule has 0 saturated carbocycles. The highest BCUT2D eigenvalue weighted by atomic mass is 35.5. The van der Waals surface area contributed by atoms with E-state index in [4.69, 9.17) is 11.6 Å². The van der Waals surface area contributed by atoms with Crippen LogP contribution in [0.15, 0.2) is 29.2 Å². The molecule has 2 N–H and O–H groups in total. The number of anilines is 1. The van der Waals surface area contributed by atoms with E-state index < -0.39 is 34.1 Å². The molecule has 0 bridgehead atoms. The summed E-state index contributed by atoms with van der Waals surface area (Å²) in [5.74, 6) is -0.479. The third-order valence-electron chi connectivity index (χ3n) is 6.08. The van der Waals surface area contributed by atoms with Gasteiger partial charge in [-0.05, 0) is 38.5 Å². The van der Waals surface area contributed by atoms with Crippen LogP contribution in [0, 0.1) is 0 Å². The van der Waals surface area contributed by atoms with Crippen molar-refractivity contribution in [2.45, 2.75) is 39.0 Å². The second kappa shape index (κ2) is 10.1. The van der Waals surface area contributed by atoms with Gasteiger partial charge in [0.2, 0.25) is 5.95 Å². The van der Waals surface area contributed by atoms with Gasteiger partial charge in [0.15, 0.2) is 5.82 Å². The van der Waals surface area contributed by atoms with Crippen LogP contribution in [0.4, 0.5) is 19.1 Å². The zero-order valence-corrected chi connectivity index (χ0v) is 21.7. The first-order valence-electron chi connectivity index (χ1n) is 11.6. The fourth-order valence-electron chi connectivity index (χ4n) is 4.22. The van der Waals surface area contributed by atoms with Crippen LogP contribution in [-0.4, -0.2) is 55.5 Å². The topological polar surface area (TPSA) is 114 Å². The molecule has 2 aromatic heterocycles. The zero-order chi connectivity index (χ0) is 27.9. The first kappa shape index (κ1) is 27.2. The summed E-state index contributed by atoms with van der Waals surface area (Å²) in [6, 6.07) is 2.87. The van der Waals surface area contributed by atoms with Gasteiger partial charge in [-0.3, -0.25) is 14.4 Å². The summed E-state index contributed by atoms with van der Waals surface area (Å²) in [5, 5.41) is 5.11. The third kappa shape index (κ3) is 4.97. The van der Waals surface area contributed by atoms with Gasteiger partial charge in [0.1, 0.15) is 5.82 Å². The van der Waals surface area contributed by atoms with Crippen molar-refractivity contribution in [3.8, 4) is 5.82 Å². The van der Waals surface area contributed by atoms with Gasteiger partial charge in [-0.1, -0.05) is 11.6 Å². The second-order valence-electron chi connectivity index (χ2n) is 9.05. The van der Waals surface area contributed by atoms with Crippen molar-refractivity contribution in [3.63, 3.8) is 0 Å². The second-order valence-corrected chi connectivity index (χ2v) is 9.45. The Balaban J connectivity index is 1.74. The summed E-state index contributed by atoms with van der Waals surface area (Å²) in [6.07, 6.45) is -3.19. The highest BCUT2D eigenvalue weighted by Gasteiger charge is 2.35. The number of hydrogen-bond donors (Lipinski definition) is 2. The van der Waals surface area contributed by atoms with Crippen molar-refractivity contribution in [2.75, 3.05) is 18.9 Å². The largest absolute Gasteiger partial charge is 0.417 e. The van der Waals surface area contributed by atoms with Gasteiger partial charge in [-0.15, -0.1) is 0 Å². The number of carbonyl (C=O) groups is 2. The lowest BCUT2D eigenvalue weighted by Crippen LogP contribution is -2.41. The van der Waals surface area contributed by atoms with Crippen LogP contribution in [0.5, 0.6) is 0 Å². The summed E-state index contributed by atoms with van der Waals surface area (Å²) in [4.78, 5) is 49.0. The lowest BCUT2D eigenvalue weighted by molar-refractivity contribution is -0.137. The van der Waals surface area contributed by atoms with Crippen molar-refractivity contribution >= 4 is 29.4 Å². The number of carbonyl (C=O) groups excluding carboxylic acids is 2. The van der Waals surface area contributed by atoms with Crippen LogP contribution >= 0.6 is 11.6 Å². The van der Waals surface area contributed by atoms with E-state index in [-0.39, 0.29) is 42.9 Å². The van der Waals surface area contributed by atoms with Crippen LogP contribution in [0.2, 0.25) is 5.02 Å². The van der Waals surface area contributed by atoms with E-state index in [0.717, 1.165) is 12.1 Å². The average Bonchev–Trinajstić information content (AvgIpc) is 3.22. The molecule has 0 saturated heterocycles. The molecule has 0 fully saturated rings. The summed E-state index contributed by atoms with van der Waals surface area (Å²) in [6.45, 7) is 3.72. The molecule has 0 unspecified atom stereocenters. The maximum atomic E-state index is 13.7. The van der Waals surface area contributed by atoms with Crippen LogP contribution in [0.3, 0.4) is 0 Å². The lowest BCUT2D eigenvalue weighted by Gasteiger charge is -2.29. The average molecular weight is 552 g/mol. The molecular weight excluding hydrogens is 527 g/mol. The van der Waals surface area contributed by atoms with E-state index in [0.29, 0.717) is 17.1 Å². The minimum absolute atomic E-state index is 0.0735. The number of amides is 2. The van der Waals surface area contributed by atoms with Crippen molar-refractivity contribution in [3.05, 3.63) is 68.0 Å². The van der Waals surface area contributed by atoms with Crippen molar-refractivity contribution in [1.82, 2.24) is 29.3 Å². The molecule has 202 valence electrons. The van der Waals surface area contributed by atoms with Crippen molar-refractivity contribution < 1.29 is 22.8 Å². The number of imidazole rings is 1. The molecule has 2 amide bonds. The number of nitrogens with one attached hydrogen (secondary N) is 2. The highest BCUT2D eigenvalue weighted by molar-refractivity contribution is 6.31. The minimum atomic E-state index is -4.71. The first-order valence-corrected chi connectivity index (χ1v) is 12.0. The number of benzene rings is 1. The monoisotopic (exact) mass is 551 g/mol. The third-order valence-corrected chi connectivity index (χ3v) is 6.41. The van der Waals surface area contributed by atoms with E-state index in [1.165, 1.54) is 33.3 Å². The molecule has 10 nitrogen and oxygen atoms in total. The van der Waals surface area contributed by atoms with E-state index in [1.807, 2.05) is 13.8 Å². The summed E-state index contributed by atoms with van der Waals surface area (Å²) in [7, 11) is 3.07. The molecule has 38 heavy (non-hydrogen) atoms. The SMILES string of the molecule is CNC(=O)c1ncc(-n2c(NC(C)C)nc3c(c2=O)CCN(C(=O)c2ccc(Cl)c(C(F)(F)F)c2)C3)n1C. The summed E-state index contributed by atoms with van der Waals surface area (Å²) < 4.78 is 42.7. The Labute approximate surface area is 220 Å². The molecule has 0 aliphatic carbocycles. The number of aromatic nitrogens is 4. The predicted molar refractivity (Wildman–Crippen MR) is 134 cm³/mol. The van der Waals surface area contributed by atoms with Gasteiger partial charge in [-0.2, -0.15) is 13.2 Å². The predicted octanol–water partition coefficient (Wildman–Crippen LogP) is 3.02. The molecule has 1 aliphatic heterocycles. The van der Waals surface area contributed by atoms with E-state index >= 15 is 0 Å². The van der Waals surface area contributed by atoms with Gasteiger partial charge >= 0.3 is 6.18 Å². The normalized spacial score (nSPS) is 13.4. The van der Waals surface area contributed by atoms with Crippen LogP contribution < -0.4 is 16.2 Å². The molecule has 4 rings (SSSR count). The number of nitrogens with zero attached hydrogens (tertiary/aromatic N) is 5. The number of alkyl halides is 3. The van der Waals surface area contributed by atoms with Crippen LogP contribution in [0.25, 0.3) is 5.82 Å². The highest BCUT2D eigenvalue weighted by Crippen LogP contribution is 2.35. The Hall–Kier alpha value is -3.87. The maximum Gasteiger partial charge on any atom is 0.417 e. The van der Waals surface area contributed by atoms with Gasteiger partial charge < -0.3 is 20.1 Å². The number of hydrogen-bond acceptors (Lipinski definition) is 6. The van der Waals surface area contributed by atoms with Gasteiger partial charge in [0.05, 0.1) is 29.0 Å². The van der Waals surface area contributed by atoms with E-state index in [2.05, 4.69) is 20.6 Å². The molecule has 3 aromatic rings. The molecule has 14 heteroatoms. The van der Waals surface area contributed by atoms with Gasteiger partial charge in [0, 0.05) is 37.8 Å². The molecule has 0 spiro atoms. The summed E-state index contributed by atoms with van der Waals surface area (Å²) >= 11 is 5.69. The smallest absolute Gasteiger partial charge is 0.353 e. The van der Waals surface area contributed by atoms with Crippen LogP contribution in [0.1, 0.15) is 51.6 Å². The fraction of sp³-hybridized carbons (Fsp3) is 0.375. The van der Waals surface area contributed by atoms with Gasteiger partial charge in [-0.25, -0.2) is 14.5 Å². The van der Waals surface area contributed by atoms with Crippen LogP contribution in [-0.2, 0) is 26.2 Å². The van der Waals surface area contributed by atoms with Crippen molar-refractivity contribution in [2.24, 2.45) is 7.05 Å². The first-order chi connectivity index (χ1) is 17.8. The summed E-state index contributed by atoms with van der Waals surface area (Å²) in [5.41, 5.74) is -0.983. The van der Waals surface area contributed by atoms with E-state index in [1.54, 1.807) is 7.05 Å². The Bertz CT molecular complexity index is 1480. The number of halogens is 4. The molecule has 3 heterocycles. The molecule has 1 aromatic carbocycles. The molecule has 1 aliphatic rings. The Morgan fingerprint density at radius 1 is 1.21 bits per heavy atom. The molecule has 0 radical (unpaired) electrons. The lowest BCUT2D eigenvalue weighted by atomic mass is 10.0. The Kier molecular flexibility index (Phi) is 7.24. The Morgan fingerprint density at radius 3 is 2.55 bits per heavy atom. The molecular formula is C24H25ClF3N7O3. The minimum Gasteiger partial charge on any atom is -0.353 e. The van der Waals surface area contributed by atoms with Crippen molar-refractivity contribution in [1.29, 1.82) is 0 Å². The quantitative estimate of drug-likeness (QED) is 0.504. The fourth-order valence-corrected chi connectivity index (χ4v) is 4.44.